The summed E-state index contributed by atoms with van der Waals surface area (Å²) in [6, 6.07) is 0. The van der Waals surface area contributed by atoms with E-state index in [4.69, 9.17) is 5.11 Å². The van der Waals surface area contributed by atoms with Crippen LogP contribution in [-0.4, -0.2) is 34.9 Å². The highest BCUT2D eigenvalue weighted by Gasteiger charge is 2.30. The van der Waals surface area contributed by atoms with Gasteiger partial charge in [0, 0.05) is 0 Å². The first-order valence-electron chi connectivity index (χ1n) is 6.56. The molecule has 0 amide bonds. The fraction of sp³-hybridized carbons (Fsp3) is 0.923. The Hall–Kier alpha value is -0.610. The summed E-state index contributed by atoms with van der Waals surface area (Å²) in [6.07, 6.45) is 4.69. The molecular weight excluding hydrogens is 218 g/mol. The van der Waals surface area contributed by atoms with Crippen LogP contribution in [0, 0.1) is 11.8 Å². The summed E-state index contributed by atoms with van der Waals surface area (Å²) in [5.41, 5.74) is -0.647. The standard InChI is InChI=1S/C13H25NO3/c1-13(2,17)7-8-14-9-10-5-3-4-6-11(10)12(15)16/h10-11,14,17H,3-9H2,1-2H3,(H,15,16). The Morgan fingerprint density at radius 1 is 1.35 bits per heavy atom. The molecule has 0 heterocycles. The molecule has 1 aliphatic rings. The number of nitrogens with one attached hydrogen (secondary N) is 1. The molecule has 1 aliphatic carbocycles. The van der Waals surface area contributed by atoms with E-state index < -0.39 is 11.6 Å². The van der Waals surface area contributed by atoms with Crippen LogP contribution in [0.1, 0.15) is 46.0 Å². The van der Waals surface area contributed by atoms with E-state index >= 15 is 0 Å². The third-order valence-electron chi connectivity index (χ3n) is 3.55. The van der Waals surface area contributed by atoms with Crippen molar-refractivity contribution >= 4 is 5.97 Å². The Labute approximate surface area is 103 Å². The van der Waals surface area contributed by atoms with Crippen LogP contribution in [0.5, 0.6) is 0 Å². The molecule has 0 aromatic rings. The van der Waals surface area contributed by atoms with Gasteiger partial charge in [-0.15, -0.1) is 0 Å². The van der Waals surface area contributed by atoms with E-state index in [9.17, 15) is 9.90 Å². The normalized spacial score (nSPS) is 25.8. The first kappa shape index (κ1) is 14.5. The first-order chi connectivity index (χ1) is 7.90. The summed E-state index contributed by atoms with van der Waals surface area (Å²) in [5.74, 6) is -0.583. The predicted molar refractivity (Wildman–Crippen MR) is 66.9 cm³/mol. The van der Waals surface area contributed by atoms with Gasteiger partial charge < -0.3 is 15.5 Å². The van der Waals surface area contributed by atoms with E-state index in [2.05, 4.69) is 5.32 Å². The fourth-order valence-electron chi connectivity index (χ4n) is 2.46. The Bertz CT molecular complexity index is 248. The zero-order valence-electron chi connectivity index (χ0n) is 10.9. The number of aliphatic hydroxyl groups is 1. The molecule has 2 unspecified atom stereocenters. The molecule has 1 fully saturated rings. The highest BCUT2D eigenvalue weighted by molar-refractivity contribution is 5.70. The summed E-state index contributed by atoms with van der Waals surface area (Å²) in [6.45, 7) is 5.07. The minimum absolute atomic E-state index is 0.182. The fourth-order valence-corrected chi connectivity index (χ4v) is 2.46. The number of carbonyl (C=O) groups is 1. The van der Waals surface area contributed by atoms with Crippen LogP contribution in [0.3, 0.4) is 0 Å². The zero-order valence-corrected chi connectivity index (χ0v) is 10.9. The quantitative estimate of drug-likeness (QED) is 0.620. The molecule has 0 aromatic heterocycles. The van der Waals surface area contributed by atoms with Gasteiger partial charge in [0.05, 0.1) is 11.5 Å². The second kappa shape index (κ2) is 6.36. The van der Waals surface area contributed by atoms with Gasteiger partial charge in [0.25, 0.3) is 0 Å². The van der Waals surface area contributed by atoms with Gasteiger partial charge in [0.15, 0.2) is 0 Å². The van der Waals surface area contributed by atoms with Crippen LogP contribution in [0.15, 0.2) is 0 Å². The maximum Gasteiger partial charge on any atom is 0.306 e. The SMILES string of the molecule is CC(C)(O)CCNCC1CCCCC1C(=O)O. The highest BCUT2D eigenvalue weighted by Crippen LogP contribution is 2.29. The average molecular weight is 243 g/mol. The monoisotopic (exact) mass is 243 g/mol. The number of hydrogen-bond donors (Lipinski definition) is 3. The molecule has 0 spiro atoms. The van der Waals surface area contributed by atoms with Crippen molar-refractivity contribution in [2.45, 2.75) is 51.6 Å². The van der Waals surface area contributed by atoms with Gasteiger partial charge in [-0.25, -0.2) is 0 Å². The lowest BCUT2D eigenvalue weighted by Crippen LogP contribution is -2.36. The molecule has 17 heavy (non-hydrogen) atoms. The van der Waals surface area contributed by atoms with Gasteiger partial charge in [0.1, 0.15) is 0 Å². The minimum atomic E-state index is -0.654. The summed E-state index contributed by atoms with van der Waals surface area (Å²) < 4.78 is 0. The van der Waals surface area contributed by atoms with E-state index in [0.717, 1.165) is 38.8 Å². The molecule has 4 heteroatoms. The number of rotatable bonds is 6. The van der Waals surface area contributed by atoms with Gasteiger partial charge in [-0.1, -0.05) is 12.8 Å². The molecule has 0 aromatic carbocycles. The van der Waals surface area contributed by atoms with Crippen molar-refractivity contribution in [2.75, 3.05) is 13.1 Å². The lowest BCUT2D eigenvalue weighted by Gasteiger charge is -2.29. The van der Waals surface area contributed by atoms with E-state index in [0.29, 0.717) is 6.42 Å². The smallest absolute Gasteiger partial charge is 0.306 e. The second-order valence-corrected chi connectivity index (χ2v) is 5.76. The van der Waals surface area contributed by atoms with Gasteiger partial charge >= 0.3 is 5.97 Å². The van der Waals surface area contributed by atoms with E-state index in [-0.39, 0.29) is 11.8 Å². The van der Waals surface area contributed by atoms with Gasteiger partial charge in [-0.2, -0.15) is 0 Å². The molecule has 0 bridgehead atoms. The van der Waals surface area contributed by atoms with Crippen molar-refractivity contribution in [2.24, 2.45) is 11.8 Å². The number of carboxylic acid groups (broad SMARTS) is 1. The lowest BCUT2D eigenvalue weighted by atomic mass is 9.79. The Morgan fingerprint density at radius 3 is 2.59 bits per heavy atom. The summed E-state index contributed by atoms with van der Waals surface area (Å²) in [5, 5.41) is 22.0. The molecule has 3 N–H and O–H groups in total. The average Bonchev–Trinajstić information content (AvgIpc) is 2.23. The van der Waals surface area contributed by atoms with E-state index in [1.54, 1.807) is 13.8 Å². The van der Waals surface area contributed by atoms with Crippen molar-refractivity contribution in [3.05, 3.63) is 0 Å². The first-order valence-corrected chi connectivity index (χ1v) is 6.56. The second-order valence-electron chi connectivity index (χ2n) is 5.76. The van der Waals surface area contributed by atoms with Crippen LogP contribution < -0.4 is 5.32 Å². The molecular formula is C13H25NO3. The molecule has 0 saturated heterocycles. The Kier molecular flexibility index (Phi) is 5.40. The van der Waals surface area contributed by atoms with Gasteiger partial charge in [-0.3, -0.25) is 4.79 Å². The largest absolute Gasteiger partial charge is 0.481 e. The third kappa shape index (κ3) is 5.50. The number of carboxylic acids is 1. The molecule has 0 radical (unpaired) electrons. The Balaban J connectivity index is 2.26. The Morgan fingerprint density at radius 2 is 2.00 bits per heavy atom. The van der Waals surface area contributed by atoms with E-state index in [1.165, 1.54) is 0 Å². The number of aliphatic carboxylic acids is 1. The van der Waals surface area contributed by atoms with Crippen LogP contribution in [0.25, 0.3) is 0 Å². The van der Waals surface area contributed by atoms with Gasteiger partial charge in [-0.05, 0) is 52.1 Å². The van der Waals surface area contributed by atoms with Crippen molar-refractivity contribution in [3.8, 4) is 0 Å². The highest BCUT2D eigenvalue weighted by atomic mass is 16.4. The van der Waals surface area contributed by atoms with Crippen molar-refractivity contribution < 1.29 is 15.0 Å². The van der Waals surface area contributed by atoms with Crippen LogP contribution in [-0.2, 0) is 4.79 Å². The topological polar surface area (TPSA) is 69.6 Å². The summed E-state index contributed by atoms with van der Waals surface area (Å²) in [4.78, 5) is 11.1. The maximum atomic E-state index is 11.1. The zero-order chi connectivity index (χ0) is 12.9. The summed E-state index contributed by atoms with van der Waals surface area (Å²) >= 11 is 0. The minimum Gasteiger partial charge on any atom is -0.481 e. The van der Waals surface area contributed by atoms with Crippen LogP contribution in [0.2, 0.25) is 0 Å². The molecule has 4 nitrogen and oxygen atoms in total. The lowest BCUT2D eigenvalue weighted by molar-refractivity contribution is -0.144. The van der Waals surface area contributed by atoms with Crippen LogP contribution >= 0.6 is 0 Å². The van der Waals surface area contributed by atoms with Crippen molar-refractivity contribution in [3.63, 3.8) is 0 Å². The van der Waals surface area contributed by atoms with Crippen molar-refractivity contribution in [1.82, 2.24) is 5.32 Å². The summed E-state index contributed by atoms with van der Waals surface area (Å²) in [7, 11) is 0. The maximum absolute atomic E-state index is 11.1. The molecule has 1 rings (SSSR count). The molecule has 2 atom stereocenters. The molecule has 1 saturated carbocycles. The molecule has 0 aliphatic heterocycles. The molecule has 100 valence electrons. The van der Waals surface area contributed by atoms with Gasteiger partial charge in [0.2, 0.25) is 0 Å². The predicted octanol–water partition coefficient (Wildman–Crippen LogP) is 1.63. The third-order valence-corrected chi connectivity index (χ3v) is 3.55. The van der Waals surface area contributed by atoms with E-state index in [1.807, 2.05) is 0 Å². The van der Waals surface area contributed by atoms with Crippen LogP contribution in [0.4, 0.5) is 0 Å². The number of hydrogen-bond acceptors (Lipinski definition) is 3. The van der Waals surface area contributed by atoms with Crippen molar-refractivity contribution in [1.29, 1.82) is 0 Å².